The summed E-state index contributed by atoms with van der Waals surface area (Å²) < 4.78 is 0. The van der Waals surface area contributed by atoms with Crippen LogP contribution in [0.4, 0.5) is 0 Å². The van der Waals surface area contributed by atoms with E-state index in [-0.39, 0.29) is 0 Å². The van der Waals surface area contributed by atoms with Gasteiger partial charge in [0.05, 0.1) is 0 Å². The Balaban J connectivity index is 1.64. The van der Waals surface area contributed by atoms with E-state index in [0.717, 1.165) is 64.0 Å². The molecule has 0 aliphatic carbocycles. The van der Waals surface area contributed by atoms with E-state index >= 15 is 0 Å². The maximum atomic E-state index is 4.77. The Morgan fingerprint density at radius 3 is 1.30 bits per heavy atom. The van der Waals surface area contributed by atoms with Crippen molar-refractivity contribution in [1.29, 1.82) is 0 Å². The number of rotatable bonds is 6. The third kappa shape index (κ3) is 5.29. The van der Waals surface area contributed by atoms with Crippen molar-refractivity contribution in [3.05, 3.63) is 0 Å². The summed E-state index contributed by atoms with van der Waals surface area (Å²) in [6.07, 6.45) is 5.97. The Bertz CT molecular complexity index is 357. The molecule has 0 spiro atoms. The van der Waals surface area contributed by atoms with Crippen LogP contribution in [0.3, 0.4) is 0 Å². The highest BCUT2D eigenvalue weighted by atomic mass is 15.4. The Hall–Kier alpha value is -1.46. The minimum Gasteiger partial charge on any atom is -0.346 e. The van der Waals surface area contributed by atoms with Crippen LogP contribution >= 0.6 is 0 Å². The zero-order chi connectivity index (χ0) is 16.7. The van der Waals surface area contributed by atoms with Crippen LogP contribution in [-0.4, -0.2) is 99.0 Å². The van der Waals surface area contributed by atoms with Gasteiger partial charge in [0.15, 0.2) is 11.9 Å². The molecule has 0 aromatic carbocycles. The second kappa shape index (κ2) is 8.99. The molecule has 0 bridgehead atoms. The van der Waals surface area contributed by atoms with Gasteiger partial charge in [-0.1, -0.05) is 0 Å². The molecule has 0 aromatic heterocycles. The number of hydrogen-bond donors (Lipinski definition) is 0. The summed E-state index contributed by atoms with van der Waals surface area (Å²) in [4.78, 5) is 18.6. The maximum Gasteiger partial charge on any atom is 0.196 e. The molecule has 2 fully saturated rings. The molecule has 132 valence electrons. The highest BCUT2D eigenvalue weighted by Gasteiger charge is 2.17. The summed E-state index contributed by atoms with van der Waals surface area (Å²) in [6, 6.07) is 0. The summed E-state index contributed by atoms with van der Waals surface area (Å²) in [7, 11) is 8.56. The average molecular weight is 323 g/mol. The summed E-state index contributed by atoms with van der Waals surface area (Å²) in [5.74, 6) is 2.31. The molecule has 0 amide bonds. The van der Waals surface area contributed by atoms with Gasteiger partial charge in [-0.25, -0.2) is 0 Å². The van der Waals surface area contributed by atoms with Crippen molar-refractivity contribution in [2.75, 3.05) is 67.5 Å². The molecular weight excluding hydrogens is 288 g/mol. The Kier molecular flexibility index (Phi) is 6.99. The van der Waals surface area contributed by atoms with Crippen molar-refractivity contribution in [3.63, 3.8) is 0 Å². The molecule has 0 radical (unpaired) electrons. The van der Waals surface area contributed by atoms with Gasteiger partial charge in [0.2, 0.25) is 0 Å². The van der Waals surface area contributed by atoms with Crippen molar-refractivity contribution < 1.29 is 0 Å². The van der Waals surface area contributed by atoms with Gasteiger partial charge in [0.25, 0.3) is 0 Å². The minimum absolute atomic E-state index is 0.931. The molecule has 0 unspecified atom stereocenters. The number of aliphatic imine (C=N–C) groups is 2. The topological polar surface area (TPSA) is 37.7 Å². The standard InChI is InChI=1S/C17H34N6/c1-20-12-8-13-21(2)16(20)18-10-6-5-7-11-19-17-22(3)14-9-15-23(17)4/h5-15H2,1-4H3. The van der Waals surface area contributed by atoms with Crippen LogP contribution in [0.1, 0.15) is 32.1 Å². The van der Waals surface area contributed by atoms with Crippen LogP contribution in [0.5, 0.6) is 0 Å². The van der Waals surface area contributed by atoms with Crippen molar-refractivity contribution >= 4 is 11.9 Å². The lowest BCUT2D eigenvalue weighted by molar-refractivity contribution is 0.316. The fourth-order valence-corrected chi connectivity index (χ4v) is 3.31. The van der Waals surface area contributed by atoms with Crippen LogP contribution in [-0.2, 0) is 0 Å². The number of guanidine groups is 2. The summed E-state index contributed by atoms with van der Waals surface area (Å²) in [5.41, 5.74) is 0. The Morgan fingerprint density at radius 1 is 0.609 bits per heavy atom. The van der Waals surface area contributed by atoms with Crippen molar-refractivity contribution in [3.8, 4) is 0 Å². The zero-order valence-electron chi connectivity index (χ0n) is 15.5. The lowest BCUT2D eigenvalue weighted by atomic mass is 10.2. The minimum atomic E-state index is 0.931. The van der Waals surface area contributed by atoms with Gasteiger partial charge in [-0.3, -0.25) is 9.98 Å². The van der Waals surface area contributed by atoms with E-state index in [1.54, 1.807) is 0 Å². The van der Waals surface area contributed by atoms with Gasteiger partial charge in [0.1, 0.15) is 0 Å². The molecule has 2 rings (SSSR count). The predicted molar refractivity (Wildman–Crippen MR) is 98.2 cm³/mol. The summed E-state index contributed by atoms with van der Waals surface area (Å²) >= 11 is 0. The van der Waals surface area contributed by atoms with E-state index in [4.69, 9.17) is 9.98 Å². The van der Waals surface area contributed by atoms with E-state index in [0.29, 0.717) is 0 Å². The fourth-order valence-electron chi connectivity index (χ4n) is 3.31. The lowest BCUT2D eigenvalue weighted by Gasteiger charge is -2.34. The van der Waals surface area contributed by atoms with Crippen molar-refractivity contribution in [2.45, 2.75) is 32.1 Å². The quantitative estimate of drug-likeness (QED) is 0.693. The monoisotopic (exact) mass is 322 g/mol. The lowest BCUT2D eigenvalue weighted by Crippen LogP contribution is -2.46. The average Bonchev–Trinajstić information content (AvgIpc) is 2.51. The van der Waals surface area contributed by atoms with Gasteiger partial charge in [0, 0.05) is 67.5 Å². The second-order valence-corrected chi connectivity index (χ2v) is 6.82. The van der Waals surface area contributed by atoms with Crippen molar-refractivity contribution in [1.82, 2.24) is 19.6 Å². The van der Waals surface area contributed by atoms with Crippen LogP contribution in [0.25, 0.3) is 0 Å². The first-order valence-electron chi connectivity index (χ1n) is 9.03. The van der Waals surface area contributed by atoms with E-state index in [9.17, 15) is 0 Å². The summed E-state index contributed by atoms with van der Waals surface area (Å²) in [5, 5.41) is 0. The van der Waals surface area contributed by atoms with Gasteiger partial charge in [-0.05, 0) is 32.1 Å². The SMILES string of the molecule is CN1CCCN(C)C1=NCCCCCN=C1N(C)CCCN1C. The van der Waals surface area contributed by atoms with Crippen LogP contribution in [0, 0.1) is 0 Å². The van der Waals surface area contributed by atoms with Gasteiger partial charge in [-0.2, -0.15) is 0 Å². The predicted octanol–water partition coefficient (Wildman–Crippen LogP) is 1.40. The van der Waals surface area contributed by atoms with Gasteiger partial charge < -0.3 is 19.6 Å². The smallest absolute Gasteiger partial charge is 0.196 e. The molecular formula is C17H34N6. The molecule has 2 heterocycles. The molecule has 6 heteroatoms. The fraction of sp³-hybridized carbons (Fsp3) is 0.882. The van der Waals surface area contributed by atoms with Crippen LogP contribution < -0.4 is 0 Å². The van der Waals surface area contributed by atoms with E-state index in [1.807, 2.05) is 0 Å². The van der Waals surface area contributed by atoms with Crippen LogP contribution in [0.15, 0.2) is 9.98 Å². The number of unbranched alkanes of at least 4 members (excludes halogenated alkanes) is 2. The Morgan fingerprint density at radius 2 is 0.957 bits per heavy atom. The highest BCUT2D eigenvalue weighted by Crippen LogP contribution is 2.07. The first kappa shape index (κ1) is 17.9. The molecule has 0 N–H and O–H groups in total. The zero-order valence-corrected chi connectivity index (χ0v) is 15.5. The normalized spacial score (nSPS) is 19.5. The first-order chi connectivity index (χ1) is 11.1. The largest absolute Gasteiger partial charge is 0.346 e. The first-order valence-corrected chi connectivity index (χ1v) is 9.03. The van der Waals surface area contributed by atoms with E-state index in [2.05, 4.69) is 47.8 Å². The number of hydrogen-bond acceptors (Lipinski definition) is 2. The molecule has 0 saturated carbocycles. The molecule has 0 aromatic rings. The van der Waals surface area contributed by atoms with E-state index in [1.165, 1.54) is 19.3 Å². The van der Waals surface area contributed by atoms with Crippen molar-refractivity contribution in [2.24, 2.45) is 9.98 Å². The molecule has 6 nitrogen and oxygen atoms in total. The molecule has 2 saturated heterocycles. The summed E-state index contributed by atoms with van der Waals surface area (Å²) in [6.45, 7) is 6.37. The molecule has 23 heavy (non-hydrogen) atoms. The molecule has 2 aliphatic rings. The molecule has 0 atom stereocenters. The maximum absolute atomic E-state index is 4.77. The third-order valence-electron chi connectivity index (χ3n) is 4.66. The second-order valence-electron chi connectivity index (χ2n) is 6.82. The van der Waals surface area contributed by atoms with Gasteiger partial charge in [-0.15, -0.1) is 0 Å². The van der Waals surface area contributed by atoms with Crippen LogP contribution in [0.2, 0.25) is 0 Å². The van der Waals surface area contributed by atoms with E-state index < -0.39 is 0 Å². The Labute approximate surface area is 141 Å². The third-order valence-corrected chi connectivity index (χ3v) is 4.66. The van der Waals surface area contributed by atoms with Gasteiger partial charge >= 0.3 is 0 Å². The highest BCUT2D eigenvalue weighted by molar-refractivity contribution is 5.80. The number of nitrogens with zero attached hydrogens (tertiary/aromatic N) is 6. The molecule has 2 aliphatic heterocycles.